The van der Waals surface area contributed by atoms with Gasteiger partial charge in [-0.25, -0.2) is 0 Å². The molecule has 170 valence electrons. The predicted molar refractivity (Wildman–Crippen MR) is 131 cm³/mol. The van der Waals surface area contributed by atoms with Crippen molar-refractivity contribution in [2.45, 2.75) is 83.1 Å². The van der Waals surface area contributed by atoms with Crippen molar-refractivity contribution in [3.05, 3.63) is 46.7 Å². The van der Waals surface area contributed by atoms with Crippen LogP contribution in [0, 0.1) is 23.7 Å². The maximum atomic E-state index is 6.28. The van der Waals surface area contributed by atoms with Crippen LogP contribution < -0.4 is 16.4 Å². The number of fused-ring (bicyclic) bond motifs is 1. The summed E-state index contributed by atoms with van der Waals surface area (Å²) in [7, 11) is 0. The van der Waals surface area contributed by atoms with E-state index in [-0.39, 0.29) is 6.04 Å². The van der Waals surface area contributed by atoms with Gasteiger partial charge < -0.3 is 16.4 Å². The first-order chi connectivity index (χ1) is 15.3. The standard InChI is InChI=1S/C28H43N3/c29-28(24-18-31-19-24)8-4-1-5-21-13-14-26(27-7-3-2-6-25(21)27)22-11-9-20(10-12-22)23-15-16-30-17-23/h1,4,15,18,20-22,25,28,30-31H,2-3,5-14,16-17,19,29H2/b4-1-/t20?,21-,22?,25?,28?/m1/s1. The number of rotatable bonds is 7. The van der Waals surface area contributed by atoms with E-state index in [0.717, 1.165) is 49.7 Å². The normalized spacial score (nSPS) is 34.6. The molecule has 0 aromatic rings. The summed E-state index contributed by atoms with van der Waals surface area (Å²) in [4.78, 5) is 0. The first kappa shape index (κ1) is 21.5. The van der Waals surface area contributed by atoms with Crippen molar-refractivity contribution in [3.8, 4) is 0 Å². The molecule has 0 saturated heterocycles. The molecule has 2 unspecified atom stereocenters. The summed E-state index contributed by atoms with van der Waals surface area (Å²) in [6.07, 6.45) is 25.9. The third-order valence-electron chi connectivity index (χ3n) is 9.07. The zero-order chi connectivity index (χ0) is 21.0. The minimum absolute atomic E-state index is 0.214. The summed E-state index contributed by atoms with van der Waals surface area (Å²) in [6, 6.07) is 0.214. The minimum atomic E-state index is 0.214. The van der Waals surface area contributed by atoms with Gasteiger partial charge in [-0.1, -0.05) is 41.4 Å². The van der Waals surface area contributed by atoms with Gasteiger partial charge in [-0.3, -0.25) is 0 Å². The Morgan fingerprint density at radius 2 is 1.77 bits per heavy atom. The molecule has 2 aliphatic heterocycles. The monoisotopic (exact) mass is 421 g/mol. The van der Waals surface area contributed by atoms with Crippen molar-refractivity contribution in [2.24, 2.45) is 29.4 Å². The van der Waals surface area contributed by atoms with Crippen LogP contribution in [0.2, 0.25) is 0 Å². The molecule has 4 N–H and O–H groups in total. The topological polar surface area (TPSA) is 50.1 Å². The fourth-order valence-electron chi connectivity index (χ4n) is 7.15. The van der Waals surface area contributed by atoms with E-state index in [0.29, 0.717) is 0 Å². The van der Waals surface area contributed by atoms with Crippen molar-refractivity contribution in [1.29, 1.82) is 0 Å². The molecule has 5 rings (SSSR count). The Morgan fingerprint density at radius 3 is 2.52 bits per heavy atom. The van der Waals surface area contributed by atoms with Gasteiger partial charge in [0.15, 0.2) is 0 Å². The number of allylic oxidation sites excluding steroid dienone is 3. The van der Waals surface area contributed by atoms with Crippen molar-refractivity contribution < 1.29 is 0 Å². The highest BCUT2D eigenvalue weighted by Crippen LogP contribution is 2.49. The molecule has 0 amide bonds. The summed E-state index contributed by atoms with van der Waals surface area (Å²) in [5.41, 5.74) is 13.2. The van der Waals surface area contributed by atoms with Gasteiger partial charge in [-0.05, 0) is 106 Å². The Kier molecular flexibility index (Phi) is 7.00. The van der Waals surface area contributed by atoms with Crippen molar-refractivity contribution in [2.75, 3.05) is 19.6 Å². The van der Waals surface area contributed by atoms with E-state index in [2.05, 4.69) is 35.1 Å². The second kappa shape index (κ2) is 10.1. The highest BCUT2D eigenvalue weighted by molar-refractivity contribution is 5.27. The minimum Gasteiger partial charge on any atom is -0.387 e. The van der Waals surface area contributed by atoms with Crippen LogP contribution in [0.5, 0.6) is 0 Å². The second-order valence-corrected chi connectivity index (χ2v) is 10.8. The molecule has 3 atom stereocenters. The highest BCUT2D eigenvalue weighted by atomic mass is 14.9. The molecule has 0 bridgehead atoms. The molecule has 3 heteroatoms. The van der Waals surface area contributed by atoms with Crippen LogP contribution in [0.15, 0.2) is 46.7 Å². The zero-order valence-corrected chi connectivity index (χ0v) is 19.4. The lowest BCUT2D eigenvalue weighted by molar-refractivity contribution is 0.252. The fourth-order valence-corrected chi connectivity index (χ4v) is 7.15. The van der Waals surface area contributed by atoms with Crippen molar-refractivity contribution >= 4 is 0 Å². The smallest absolute Gasteiger partial charge is 0.0387 e. The van der Waals surface area contributed by atoms with E-state index < -0.39 is 0 Å². The molecule has 2 heterocycles. The lowest BCUT2D eigenvalue weighted by Gasteiger charge is -2.42. The van der Waals surface area contributed by atoms with E-state index >= 15 is 0 Å². The number of hydrogen-bond donors (Lipinski definition) is 3. The molecule has 2 fully saturated rings. The third-order valence-corrected chi connectivity index (χ3v) is 9.07. The SMILES string of the molecule is NC(C/C=C\C[C@@H]1CCC(C2CCC(C3=CCNC3)CC2)=C2CCCCC21)C1=CNC1. The predicted octanol–water partition coefficient (Wildman–Crippen LogP) is 5.37. The van der Waals surface area contributed by atoms with Crippen LogP contribution in [-0.4, -0.2) is 25.7 Å². The lowest BCUT2D eigenvalue weighted by Crippen LogP contribution is -2.35. The number of nitrogens with two attached hydrogens (primary N) is 1. The fraction of sp³-hybridized carbons (Fsp3) is 0.714. The summed E-state index contributed by atoms with van der Waals surface area (Å²) in [5.74, 6) is 3.54. The molecule has 2 saturated carbocycles. The van der Waals surface area contributed by atoms with Crippen molar-refractivity contribution in [1.82, 2.24) is 10.6 Å². The van der Waals surface area contributed by atoms with E-state index in [4.69, 9.17) is 5.73 Å². The third kappa shape index (κ3) is 4.88. The van der Waals surface area contributed by atoms with Crippen LogP contribution in [0.4, 0.5) is 0 Å². The Hall–Kier alpha value is -1.32. The molecule has 3 nitrogen and oxygen atoms in total. The Balaban J connectivity index is 1.18. The van der Waals surface area contributed by atoms with Crippen LogP contribution in [0.25, 0.3) is 0 Å². The van der Waals surface area contributed by atoms with Gasteiger partial charge >= 0.3 is 0 Å². The largest absolute Gasteiger partial charge is 0.387 e. The number of nitrogens with one attached hydrogen (secondary N) is 2. The van der Waals surface area contributed by atoms with E-state index in [1.807, 2.05) is 11.1 Å². The number of hydrogen-bond acceptors (Lipinski definition) is 3. The van der Waals surface area contributed by atoms with Gasteiger partial charge in [0.25, 0.3) is 0 Å². The van der Waals surface area contributed by atoms with Gasteiger partial charge in [0.05, 0.1) is 0 Å². The Morgan fingerprint density at radius 1 is 0.935 bits per heavy atom. The summed E-state index contributed by atoms with van der Waals surface area (Å²) >= 11 is 0. The van der Waals surface area contributed by atoms with Crippen LogP contribution in [0.3, 0.4) is 0 Å². The van der Waals surface area contributed by atoms with Gasteiger partial charge in [0.2, 0.25) is 0 Å². The summed E-state index contributed by atoms with van der Waals surface area (Å²) < 4.78 is 0. The van der Waals surface area contributed by atoms with Gasteiger partial charge in [-0.15, -0.1) is 0 Å². The average molecular weight is 422 g/mol. The molecule has 0 radical (unpaired) electrons. The molecule has 0 aromatic heterocycles. The van der Waals surface area contributed by atoms with Crippen molar-refractivity contribution in [3.63, 3.8) is 0 Å². The maximum Gasteiger partial charge on any atom is 0.0387 e. The van der Waals surface area contributed by atoms with E-state index in [9.17, 15) is 0 Å². The molecule has 0 spiro atoms. The molecule has 0 aromatic carbocycles. The summed E-state index contributed by atoms with van der Waals surface area (Å²) in [5, 5.41) is 6.69. The van der Waals surface area contributed by atoms with Crippen LogP contribution in [-0.2, 0) is 0 Å². The Labute approximate surface area is 189 Å². The van der Waals surface area contributed by atoms with Gasteiger partial charge in [0.1, 0.15) is 0 Å². The molecule has 3 aliphatic carbocycles. The maximum absolute atomic E-state index is 6.28. The molecule has 5 aliphatic rings. The lowest BCUT2D eigenvalue weighted by atomic mass is 9.63. The molecule has 31 heavy (non-hydrogen) atoms. The first-order valence-electron chi connectivity index (χ1n) is 13.2. The quantitative estimate of drug-likeness (QED) is 0.484. The summed E-state index contributed by atoms with van der Waals surface area (Å²) in [6.45, 7) is 3.23. The zero-order valence-electron chi connectivity index (χ0n) is 19.4. The highest BCUT2D eigenvalue weighted by Gasteiger charge is 2.36. The molecular weight excluding hydrogens is 378 g/mol. The van der Waals surface area contributed by atoms with Gasteiger partial charge in [0, 0.05) is 25.7 Å². The molecular formula is C28H43N3. The van der Waals surface area contributed by atoms with E-state index in [1.54, 1.807) is 5.57 Å². The van der Waals surface area contributed by atoms with Crippen LogP contribution in [0.1, 0.15) is 77.0 Å². The van der Waals surface area contributed by atoms with Gasteiger partial charge in [-0.2, -0.15) is 0 Å². The average Bonchev–Trinajstić information content (AvgIpc) is 3.31. The van der Waals surface area contributed by atoms with E-state index in [1.165, 1.54) is 76.2 Å². The second-order valence-electron chi connectivity index (χ2n) is 10.8. The Bertz CT molecular complexity index is 750. The van der Waals surface area contributed by atoms with Crippen LogP contribution >= 0.6 is 0 Å². The first-order valence-corrected chi connectivity index (χ1v) is 13.2.